The molecule has 4 heterocycles. The lowest BCUT2D eigenvalue weighted by molar-refractivity contribution is -0.137. The van der Waals surface area contributed by atoms with Gasteiger partial charge in [-0.25, -0.2) is 9.37 Å². The van der Waals surface area contributed by atoms with E-state index in [1.165, 1.54) is 12.3 Å². The van der Waals surface area contributed by atoms with Crippen molar-refractivity contribution in [1.82, 2.24) is 30.1 Å². The number of anilines is 1. The summed E-state index contributed by atoms with van der Waals surface area (Å²) in [5.41, 5.74) is -4.20. The zero-order valence-electron chi connectivity index (χ0n) is 17.0. The topological polar surface area (TPSA) is 91.2 Å². The van der Waals surface area contributed by atoms with Crippen LogP contribution in [0.3, 0.4) is 0 Å². The Kier molecular flexibility index (Phi) is 5.01. The number of aromatic amines is 1. The number of pyridine rings is 1. The summed E-state index contributed by atoms with van der Waals surface area (Å²) in [7, 11) is 0. The van der Waals surface area contributed by atoms with Gasteiger partial charge in [-0.15, -0.1) is 0 Å². The van der Waals surface area contributed by atoms with Gasteiger partial charge in [0.25, 0.3) is 5.56 Å². The van der Waals surface area contributed by atoms with Crippen molar-refractivity contribution in [2.75, 3.05) is 24.5 Å². The van der Waals surface area contributed by atoms with E-state index in [1.807, 2.05) is 6.92 Å². The van der Waals surface area contributed by atoms with Crippen LogP contribution in [0.1, 0.15) is 12.5 Å². The third-order valence-corrected chi connectivity index (χ3v) is 5.99. The number of benzene rings is 1. The van der Waals surface area contributed by atoms with Gasteiger partial charge < -0.3 is 10.2 Å². The SMILES string of the molecule is C[C@H]1CNCCN1c1ncnn2c(=O)c(-c3c(F)c(Cl)cc4cn[nH]c34)c(C(F)(F)F)cc12. The number of halogens is 5. The fourth-order valence-electron chi connectivity index (χ4n) is 4.18. The van der Waals surface area contributed by atoms with E-state index in [1.54, 1.807) is 4.90 Å². The van der Waals surface area contributed by atoms with Crippen LogP contribution in [0.15, 0.2) is 29.5 Å². The summed E-state index contributed by atoms with van der Waals surface area (Å²) >= 11 is 5.93. The number of piperazine rings is 1. The second-order valence-corrected chi connectivity index (χ2v) is 8.15. The number of nitrogens with one attached hydrogen (secondary N) is 2. The lowest BCUT2D eigenvalue weighted by Crippen LogP contribution is -2.50. The molecule has 5 rings (SSSR count). The van der Waals surface area contributed by atoms with Gasteiger partial charge in [0.05, 0.1) is 33.4 Å². The van der Waals surface area contributed by atoms with Crippen molar-refractivity contribution in [3.63, 3.8) is 0 Å². The van der Waals surface area contributed by atoms with Gasteiger partial charge in [-0.3, -0.25) is 9.89 Å². The number of aromatic nitrogens is 5. The monoisotopic (exact) mass is 481 g/mol. The van der Waals surface area contributed by atoms with Crippen molar-refractivity contribution in [2.45, 2.75) is 19.1 Å². The molecule has 0 unspecified atom stereocenters. The summed E-state index contributed by atoms with van der Waals surface area (Å²) < 4.78 is 58.7. The third-order valence-electron chi connectivity index (χ3n) is 5.72. The van der Waals surface area contributed by atoms with Crippen LogP contribution < -0.4 is 15.8 Å². The van der Waals surface area contributed by atoms with Crippen molar-refractivity contribution in [3.05, 3.63) is 51.4 Å². The van der Waals surface area contributed by atoms with Gasteiger partial charge in [0.2, 0.25) is 0 Å². The van der Waals surface area contributed by atoms with E-state index in [-0.39, 0.29) is 28.3 Å². The van der Waals surface area contributed by atoms with Crippen LogP contribution in [-0.2, 0) is 6.18 Å². The number of hydrogen-bond donors (Lipinski definition) is 2. The molecule has 0 saturated carbocycles. The molecule has 4 aromatic rings. The van der Waals surface area contributed by atoms with E-state index in [9.17, 15) is 18.0 Å². The molecule has 0 aliphatic carbocycles. The lowest BCUT2D eigenvalue weighted by Gasteiger charge is -2.35. The standard InChI is InChI=1S/C20H16ClF4N7O/c1-9-6-26-2-3-31(9)18-13-5-11(20(23,24)25)14(19(33)32(13)29-8-27-18)15-16(22)12(21)4-10-7-28-30-17(10)15/h4-5,7-9,26H,2-3,6H2,1H3,(H,28,30)/t9-/m0/s1. The number of hydrogen-bond acceptors (Lipinski definition) is 6. The summed E-state index contributed by atoms with van der Waals surface area (Å²) in [4.78, 5) is 19.4. The van der Waals surface area contributed by atoms with Gasteiger partial charge in [-0.1, -0.05) is 11.6 Å². The highest BCUT2D eigenvalue weighted by atomic mass is 35.5. The van der Waals surface area contributed by atoms with Crippen LogP contribution >= 0.6 is 11.6 Å². The molecule has 8 nitrogen and oxygen atoms in total. The van der Waals surface area contributed by atoms with Crippen molar-refractivity contribution < 1.29 is 17.6 Å². The summed E-state index contributed by atoms with van der Waals surface area (Å²) in [6, 6.07) is 1.91. The zero-order chi connectivity index (χ0) is 23.5. The maximum absolute atomic E-state index is 15.1. The van der Waals surface area contributed by atoms with E-state index in [4.69, 9.17) is 11.6 Å². The lowest BCUT2D eigenvalue weighted by atomic mass is 9.97. The Balaban J connectivity index is 1.89. The Morgan fingerprint density at radius 1 is 1.24 bits per heavy atom. The maximum Gasteiger partial charge on any atom is 0.417 e. The fraction of sp³-hybridized carbons (Fsp3) is 0.300. The molecule has 3 aromatic heterocycles. The van der Waals surface area contributed by atoms with Crippen molar-refractivity contribution in [3.8, 4) is 11.1 Å². The molecule has 0 bridgehead atoms. The highest BCUT2D eigenvalue weighted by Gasteiger charge is 2.38. The van der Waals surface area contributed by atoms with E-state index in [0.29, 0.717) is 19.6 Å². The van der Waals surface area contributed by atoms with Crippen LogP contribution in [0.5, 0.6) is 0 Å². The molecule has 172 valence electrons. The van der Waals surface area contributed by atoms with Crippen LogP contribution in [0.4, 0.5) is 23.4 Å². The molecule has 2 N–H and O–H groups in total. The van der Waals surface area contributed by atoms with Crippen molar-refractivity contribution in [2.24, 2.45) is 0 Å². The zero-order valence-corrected chi connectivity index (χ0v) is 17.8. The molecule has 33 heavy (non-hydrogen) atoms. The van der Waals surface area contributed by atoms with Crippen LogP contribution in [0, 0.1) is 5.82 Å². The predicted molar refractivity (Wildman–Crippen MR) is 114 cm³/mol. The molecule has 0 spiro atoms. The molecule has 1 aliphatic rings. The van der Waals surface area contributed by atoms with Gasteiger partial charge in [0.15, 0.2) is 11.6 Å². The second kappa shape index (κ2) is 7.66. The second-order valence-electron chi connectivity index (χ2n) is 7.74. The Labute approximate surface area is 188 Å². The first-order valence-corrected chi connectivity index (χ1v) is 10.3. The fourth-order valence-corrected chi connectivity index (χ4v) is 4.40. The molecule has 1 atom stereocenters. The average Bonchev–Trinajstić information content (AvgIpc) is 3.22. The number of H-pyrrole nitrogens is 1. The largest absolute Gasteiger partial charge is 0.417 e. The smallest absolute Gasteiger partial charge is 0.350 e. The first-order valence-electron chi connectivity index (χ1n) is 9.95. The Hall–Kier alpha value is -3.25. The van der Waals surface area contributed by atoms with Gasteiger partial charge in [0, 0.05) is 31.1 Å². The molecular formula is C20H16ClF4N7O. The molecule has 0 amide bonds. The van der Waals surface area contributed by atoms with E-state index in [0.717, 1.165) is 16.9 Å². The van der Waals surface area contributed by atoms with E-state index >= 15 is 4.39 Å². The summed E-state index contributed by atoms with van der Waals surface area (Å²) in [6.45, 7) is 3.55. The minimum absolute atomic E-state index is 0.0792. The van der Waals surface area contributed by atoms with Crippen LogP contribution in [0.2, 0.25) is 5.02 Å². The van der Waals surface area contributed by atoms with Crippen LogP contribution in [0.25, 0.3) is 27.5 Å². The molecule has 0 radical (unpaired) electrons. The molecule has 1 fully saturated rings. The maximum atomic E-state index is 15.1. The summed E-state index contributed by atoms with van der Waals surface area (Å²) in [5.74, 6) is -0.979. The number of nitrogens with zero attached hydrogens (tertiary/aromatic N) is 5. The van der Waals surface area contributed by atoms with Gasteiger partial charge in [0.1, 0.15) is 11.8 Å². The van der Waals surface area contributed by atoms with E-state index in [2.05, 4.69) is 25.6 Å². The number of rotatable bonds is 2. The van der Waals surface area contributed by atoms with E-state index < -0.39 is 39.3 Å². The normalized spacial score (nSPS) is 17.3. The first-order chi connectivity index (χ1) is 15.7. The van der Waals surface area contributed by atoms with Crippen molar-refractivity contribution >= 4 is 33.8 Å². The minimum atomic E-state index is -4.98. The quantitative estimate of drug-likeness (QED) is 0.427. The van der Waals surface area contributed by atoms with Gasteiger partial charge >= 0.3 is 6.18 Å². The Morgan fingerprint density at radius 3 is 2.76 bits per heavy atom. The molecule has 1 aliphatic heterocycles. The predicted octanol–water partition coefficient (Wildman–Crippen LogP) is 3.24. The Bertz CT molecular complexity index is 1450. The molecule has 13 heteroatoms. The highest BCUT2D eigenvalue weighted by Crippen LogP contribution is 2.41. The Morgan fingerprint density at radius 2 is 2.03 bits per heavy atom. The molecule has 1 saturated heterocycles. The third kappa shape index (κ3) is 3.40. The van der Waals surface area contributed by atoms with Gasteiger partial charge in [-0.05, 0) is 19.1 Å². The average molecular weight is 482 g/mol. The number of fused-ring (bicyclic) bond motifs is 2. The molecule has 1 aromatic carbocycles. The molecular weight excluding hydrogens is 466 g/mol. The van der Waals surface area contributed by atoms with Crippen LogP contribution in [-0.4, -0.2) is 50.5 Å². The first kappa shape index (κ1) is 21.6. The number of alkyl halides is 3. The minimum Gasteiger partial charge on any atom is -0.350 e. The summed E-state index contributed by atoms with van der Waals surface area (Å²) in [5, 5.41) is 13.1. The highest BCUT2D eigenvalue weighted by molar-refractivity contribution is 6.32. The van der Waals surface area contributed by atoms with Gasteiger partial charge in [-0.2, -0.15) is 27.9 Å². The summed E-state index contributed by atoms with van der Waals surface area (Å²) in [6.07, 6.45) is -2.61. The van der Waals surface area contributed by atoms with Crippen molar-refractivity contribution in [1.29, 1.82) is 0 Å².